The van der Waals surface area contributed by atoms with Gasteiger partial charge in [0.05, 0.1) is 27.3 Å². The van der Waals surface area contributed by atoms with Gasteiger partial charge in [0.25, 0.3) is 5.91 Å². The highest BCUT2D eigenvalue weighted by atomic mass is 35.5. The summed E-state index contributed by atoms with van der Waals surface area (Å²) in [5.74, 6) is -1.02. The number of hydrogen-bond donors (Lipinski definition) is 0. The summed E-state index contributed by atoms with van der Waals surface area (Å²) in [5, 5.41) is 22.0. The van der Waals surface area contributed by atoms with E-state index in [0.29, 0.717) is 48.0 Å². The normalized spacial score (nSPS) is 20.1. The van der Waals surface area contributed by atoms with Gasteiger partial charge in [-0.25, -0.2) is 0 Å². The van der Waals surface area contributed by atoms with Crippen molar-refractivity contribution in [2.75, 3.05) is 44.7 Å². The van der Waals surface area contributed by atoms with E-state index in [0.717, 1.165) is 30.5 Å². The summed E-state index contributed by atoms with van der Waals surface area (Å²) in [7, 11) is 1.33. The number of nitrogens with zero attached hydrogens (tertiary/aromatic N) is 3. The van der Waals surface area contributed by atoms with Crippen molar-refractivity contribution in [1.29, 1.82) is 0 Å². The molecule has 0 saturated carbocycles. The van der Waals surface area contributed by atoms with Crippen LogP contribution >= 0.6 is 35.0 Å². The lowest BCUT2D eigenvalue weighted by molar-refractivity contribution is -0.459. The quantitative estimate of drug-likeness (QED) is 0.366. The Morgan fingerprint density at radius 2 is 1.62 bits per heavy atom. The van der Waals surface area contributed by atoms with E-state index < -0.39 is 47.1 Å². The van der Waals surface area contributed by atoms with Gasteiger partial charge in [0.15, 0.2) is 0 Å². The summed E-state index contributed by atoms with van der Waals surface area (Å²) in [6.45, 7) is 3.02. The van der Waals surface area contributed by atoms with Crippen LogP contribution in [0.25, 0.3) is 0 Å². The highest BCUT2D eigenvalue weighted by Crippen LogP contribution is 2.37. The zero-order chi connectivity index (χ0) is 33.7. The summed E-state index contributed by atoms with van der Waals surface area (Å²) in [5.41, 5.74) is -3.11. The van der Waals surface area contributed by atoms with E-state index >= 15 is 0 Å². The molecule has 1 amide bonds. The summed E-state index contributed by atoms with van der Waals surface area (Å²) in [4.78, 5) is 27.3. The summed E-state index contributed by atoms with van der Waals surface area (Å²) in [6.07, 6.45) is -9.56. The Bertz CT molecular complexity index is 1310. The smallest absolute Gasteiger partial charge is 0.416 e. The maximum Gasteiger partial charge on any atom is 0.416 e. The van der Waals surface area contributed by atoms with Crippen molar-refractivity contribution in [3.8, 4) is 0 Å². The van der Waals surface area contributed by atoms with E-state index in [4.69, 9.17) is 33.1 Å². The van der Waals surface area contributed by atoms with Gasteiger partial charge in [-0.05, 0) is 61.4 Å². The lowest BCUT2D eigenvalue weighted by Crippen LogP contribution is -2.65. The van der Waals surface area contributed by atoms with Gasteiger partial charge in [-0.1, -0.05) is 35.5 Å². The number of alkyl halides is 6. The zero-order valence-corrected chi connectivity index (χ0v) is 26.6. The number of thioether (sulfide) groups is 1. The van der Waals surface area contributed by atoms with Crippen LogP contribution in [0.1, 0.15) is 52.7 Å². The Balaban J connectivity index is 0.00000130. The van der Waals surface area contributed by atoms with Crippen LogP contribution in [0.4, 0.5) is 26.3 Å². The minimum Gasteiger partial charge on any atom is -0.840 e. The molecule has 2 heterocycles. The van der Waals surface area contributed by atoms with Gasteiger partial charge in [-0.15, -0.1) is 0 Å². The first-order valence-electron chi connectivity index (χ1n) is 13.8. The molecule has 0 spiro atoms. The molecule has 16 heteroatoms. The molecule has 0 bridgehead atoms. The van der Waals surface area contributed by atoms with E-state index in [1.54, 1.807) is 30.0 Å². The third-order valence-electron chi connectivity index (χ3n) is 7.46. The number of aliphatic carboxylic acids is 1. The van der Waals surface area contributed by atoms with Crippen LogP contribution in [0.15, 0.2) is 36.4 Å². The topological polar surface area (TPSA) is 90.0 Å². The Labute approximate surface area is 271 Å². The molecule has 2 aromatic rings. The third kappa shape index (κ3) is 10.4. The third-order valence-corrected chi connectivity index (χ3v) is 9.19. The van der Waals surface area contributed by atoms with Crippen LogP contribution in [0.3, 0.4) is 0 Å². The number of halogens is 8. The largest absolute Gasteiger partial charge is 0.840 e. The lowest BCUT2D eigenvalue weighted by atomic mass is 9.93. The molecule has 2 fully saturated rings. The monoisotopic (exact) mass is 701 g/mol. The number of carboxylic acids is 1. The summed E-state index contributed by atoms with van der Waals surface area (Å²) < 4.78 is 80.2. The molecular weight excluding hydrogens is 671 g/mol. The molecule has 0 aliphatic carbocycles. The van der Waals surface area contributed by atoms with E-state index in [1.165, 1.54) is 7.05 Å². The molecule has 0 radical (unpaired) electrons. The number of hydrogen-bond acceptors (Lipinski definition) is 7. The second-order valence-corrected chi connectivity index (χ2v) is 12.7. The number of carbonyl (C=O) groups excluding carboxylic acids is 2. The summed E-state index contributed by atoms with van der Waals surface area (Å²) >= 11 is 13.9. The van der Waals surface area contributed by atoms with Gasteiger partial charge in [0.2, 0.25) is 0 Å². The molecule has 2 saturated heterocycles. The van der Waals surface area contributed by atoms with Gasteiger partial charge in [0, 0.05) is 56.4 Å². The van der Waals surface area contributed by atoms with Crippen LogP contribution in [0.5, 0.6) is 0 Å². The van der Waals surface area contributed by atoms with Crippen molar-refractivity contribution >= 4 is 46.8 Å². The van der Waals surface area contributed by atoms with E-state index in [-0.39, 0.29) is 29.7 Å². The predicted octanol–water partition coefficient (Wildman–Crippen LogP) is 4.80. The number of likely N-dealkylation sites (N-methyl/N-ethyl adjacent to an activating group) is 1. The Hall–Kier alpha value is -2.23. The van der Waals surface area contributed by atoms with Crippen LogP contribution < -0.4 is 10.2 Å². The van der Waals surface area contributed by atoms with E-state index in [9.17, 15) is 36.2 Å². The zero-order valence-electron chi connectivity index (χ0n) is 24.3. The fourth-order valence-corrected chi connectivity index (χ4v) is 6.37. The molecule has 250 valence electrons. The first-order chi connectivity index (χ1) is 20.9. The maximum atomic E-state index is 13.4. The molecule has 2 aliphatic rings. The van der Waals surface area contributed by atoms with Crippen LogP contribution in [0, 0.1) is 0 Å². The minimum absolute atomic E-state index is 0.00255. The standard InChI is InChI=1S/C27H28Cl2F6N3O2S.C2H4O2/c1-36(25(40)18-10-19(26(30,31)32)13-20(11-18)27(33,34)35)14-17(16-2-3-21(28)22(29)12-16)4-6-37-7-5-23(37)38-8-9-41-15-24(38)39;1-2(3)4/h2-3,10-13,17,23-24H,4-9,14-15H2,1H3;1H3,(H,3,4)/q-1;/p-1/t17-,23?,24?;/m1./s1. The lowest BCUT2D eigenvalue weighted by Gasteiger charge is -2.54. The maximum absolute atomic E-state index is 13.4. The molecule has 3 atom stereocenters. The van der Waals surface area contributed by atoms with Gasteiger partial charge >= 0.3 is 12.4 Å². The number of benzene rings is 2. The number of rotatable bonds is 8. The van der Waals surface area contributed by atoms with Crippen molar-refractivity contribution in [1.82, 2.24) is 14.7 Å². The number of carboxylic acid groups (broad SMARTS) is 1. The van der Waals surface area contributed by atoms with Gasteiger partial charge < -0.3 is 19.9 Å². The Morgan fingerprint density at radius 1 is 1.02 bits per heavy atom. The van der Waals surface area contributed by atoms with E-state index in [2.05, 4.69) is 4.90 Å². The molecule has 4 rings (SSSR count). The highest BCUT2D eigenvalue weighted by molar-refractivity contribution is 7.99. The average Bonchev–Trinajstić information content (AvgIpc) is 2.92. The Kier molecular flexibility index (Phi) is 12.9. The van der Waals surface area contributed by atoms with Crippen LogP contribution in [-0.2, 0) is 17.1 Å². The Morgan fingerprint density at radius 3 is 2.11 bits per heavy atom. The van der Waals surface area contributed by atoms with E-state index in [1.807, 2.05) is 4.90 Å². The highest BCUT2D eigenvalue weighted by Gasteiger charge is 2.38. The predicted molar refractivity (Wildman–Crippen MR) is 156 cm³/mol. The van der Waals surface area contributed by atoms with Crippen molar-refractivity contribution in [3.05, 3.63) is 68.7 Å². The fourth-order valence-electron chi connectivity index (χ4n) is 5.16. The van der Waals surface area contributed by atoms with Crippen molar-refractivity contribution in [3.63, 3.8) is 0 Å². The first kappa shape index (κ1) is 37.2. The van der Waals surface area contributed by atoms with Crippen LogP contribution in [-0.4, -0.2) is 83.7 Å². The molecule has 2 aromatic carbocycles. The van der Waals surface area contributed by atoms with Gasteiger partial charge in [-0.2, -0.15) is 38.1 Å². The summed E-state index contributed by atoms with van der Waals surface area (Å²) in [6, 6.07) is 5.82. The molecule has 2 aliphatic heterocycles. The fraction of sp³-hybridized carbons (Fsp3) is 0.517. The molecule has 45 heavy (non-hydrogen) atoms. The molecular formula is C29H31Cl2F6N3O4S-2. The second kappa shape index (κ2) is 15.6. The first-order valence-corrected chi connectivity index (χ1v) is 15.7. The van der Waals surface area contributed by atoms with Crippen LogP contribution in [0.2, 0.25) is 10.0 Å². The number of amides is 1. The average molecular weight is 703 g/mol. The molecule has 0 N–H and O–H groups in total. The SMILES string of the molecule is CC(=O)[O-].CN(C[C@@H](CCN1CCC1N1CCSCC1[O-])c1ccc(Cl)c(Cl)c1)C(=O)c1cc(C(F)(F)F)cc(C(F)(F)F)c1. The van der Waals surface area contributed by atoms with Gasteiger partial charge in [-0.3, -0.25) is 14.6 Å². The number of carbonyl (C=O) groups is 2. The van der Waals surface area contributed by atoms with Crippen molar-refractivity contribution in [2.45, 2.75) is 50.4 Å². The minimum atomic E-state index is -5.07. The van der Waals surface area contributed by atoms with Crippen molar-refractivity contribution in [2.24, 2.45) is 0 Å². The molecule has 2 unspecified atom stereocenters. The molecule has 7 nitrogen and oxygen atoms in total. The second-order valence-electron chi connectivity index (χ2n) is 10.7. The number of likely N-dealkylation sites (tertiary alicyclic amines) is 1. The molecule has 0 aromatic heterocycles. The van der Waals surface area contributed by atoms with Crippen molar-refractivity contribution < 1.29 is 46.1 Å². The van der Waals surface area contributed by atoms with Gasteiger partial charge in [0.1, 0.15) is 0 Å².